The van der Waals surface area contributed by atoms with E-state index in [4.69, 9.17) is 23.2 Å². The maximum Gasteiger partial charge on any atom is 0.256 e. The molecule has 0 saturated carbocycles. The SMILES string of the molecule is O=C(NC1=NCC(Cc2c[nH]c3ncccc23)C=C1)c1ccc(Cl)c(Cl)c1. The lowest BCUT2D eigenvalue weighted by Gasteiger charge is -2.16. The highest BCUT2D eigenvalue weighted by atomic mass is 35.5. The summed E-state index contributed by atoms with van der Waals surface area (Å²) in [4.78, 5) is 24.3. The molecular weight excluding hydrogens is 383 g/mol. The van der Waals surface area contributed by atoms with Crippen molar-refractivity contribution in [3.8, 4) is 0 Å². The van der Waals surface area contributed by atoms with E-state index in [0.717, 1.165) is 17.5 Å². The van der Waals surface area contributed by atoms with Gasteiger partial charge in [-0.05, 0) is 48.4 Å². The first-order valence-electron chi connectivity index (χ1n) is 8.50. The van der Waals surface area contributed by atoms with E-state index in [1.165, 1.54) is 5.56 Å². The lowest BCUT2D eigenvalue weighted by Crippen LogP contribution is -2.31. The van der Waals surface area contributed by atoms with Gasteiger partial charge in [0, 0.05) is 35.8 Å². The van der Waals surface area contributed by atoms with E-state index in [9.17, 15) is 4.79 Å². The zero-order valence-electron chi connectivity index (χ0n) is 14.2. The van der Waals surface area contributed by atoms with Gasteiger partial charge in [0.1, 0.15) is 11.5 Å². The number of nitrogens with zero attached hydrogens (tertiary/aromatic N) is 2. The van der Waals surface area contributed by atoms with Crippen LogP contribution in [0.3, 0.4) is 0 Å². The molecule has 4 rings (SSSR count). The molecule has 0 radical (unpaired) electrons. The number of dihydropyridines is 1. The van der Waals surface area contributed by atoms with Gasteiger partial charge in [0.25, 0.3) is 5.91 Å². The number of hydrogen-bond donors (Lipinski definition) is 2. The van der Waals surface area contributed by atoms with E-state index in [1.54, 1.807) is 24.4 Å². The number of rotatable bonds is 3. The predicted octanol–water partition coefficient (Wildman–Crippen LogP) is 4.43. The van der Waals surface area contributed by atoms with Gasteiger partial charge in [-0.15, -0.1) is 0 Å². The topological polar surface area (TPSA) is 70.1 Å². The first-order valence-corrected chi connectivity index (χ1v) is 9.26. The summed E-state index contributed by atoms with van der Waals surface area (Å²) < 4.78 is 0. The number of benzene rings is 1. The molecule has 1 aromatic carbocycles. The van der Waals surface area contributed by atoms with Gasteiger partial charge in [0.05, 0.1) is 10.0 Å². The summed E-state index contributed by atoms with van der Waals surface area (Å²) in [5, 5.41) is 4.69. The van der Waals surface area contributed by atoms with Crippen LogP contribution in [0.15, 0.2) is 59.9 Å². The Morgan fingerprint density at radius 1 is 1.26 bits per heavy atom. The van der Waals surface area contributed by atoms with Crippen LogP contribution in [0.5, 0.6) is 0 Å². The second-order valence-corrected chi connectivity index (χ2v) is 7.16. The molecule has 1 atom stereocenters. The molecule has 27 heavy (non-hydrogen) atoms. The average molecular weight is 399 g/mol. The highest BCUT2D eigenvalue weighted by Gasteiger charge is 2.16. The molecule has 0 aliphatic carbocycles. The van der Waals surface area contributed by atoms with Crippen molar-refractivity contribution in [2.75, 3.05) is 6.54 Å². The van der Waals surface area contributed by atoms with Crippen LogP contribution >= 0.6 is 23.2 Å². The minimum absolute atomic E-state index is 0.266. The molecule has 5 nitrogen and oxygen atoms in total. The lowest BCUT2D eigenvalue weighted by molar-refractivity contribution is 0.0977. The Morgan fingerprint density at radius 2 is 2.15 bits per heavy atom. The molecule has 136 valence electrons. The van der Waals surface area contributed by atoms with E-state index in [0.29, 0.717) is 28.0 Å². The number of halogens is 2. The number of carbonyl (C=O) groups is 1. The third-order valence-corrected chi connectivity index (χ3v) is 5.20. The molecule has 3 heterocycles. The Bertz CT molecular complexity index is 1070. The van der Waals surface area contributed by atoms with Crippen LogP contribution in [0, 0.1) is 5.92 Å². The second kappa shape index (κ2) is 7.55. The van der Waals surface area contributed by atoms with Crippen LogP contribution in [-0.2, 0) is 6.42 Å². The Balaban J connectivity index is 1.39. The van der Waals surface area contributed by atoms with Gasteiger partial charge in [-0.25, -0.2) is 4.98 Å². The standard InChI is InChI=1S/C20H16Cl2N4O/c21-16-5-4-13(9-17(16)22)20(27)26-18-6-3-12(10-24-18)8-14-11-25-19-15(14)2-1-7-23-19/h1-7,9,11-12H,8,10H2,(H,23,25)(H,24,26,27). The average Bonchev–Trinajstić information content (AvgIpc) is 3.08. The fraction of sp³-hybridized carbons (Fsp3) is 0.150. The molecule has 3 aromatic rings. The van der Waals surface area contributed by atoms with Crippen LogP contribution in [-0.4, -0.2) is 28.3 Å². The minimum Gasteiger partial charge on any atom is -0.346 e. The van der Waals surface area contributed by atoms with Gasteiger partial charge in [0.15, 0.2) is 0 Å². The molecular formula is C20H16Cl2N4O. The number of aromatic amines is 1. The maximum atomic E-state index is 12.3. The van der Waals surface area contributed by atoms with E-state index in [-0.39, 0.29) is 11.8 Å². The highest BCUT2D eigenvalue weighted by molar-refractivity contribution is 6.42. The van der Waals surface area contributed by atoms with Gasteiger partial charge in [-0.2, -0.15) is 0 Å². The molecule has 2 N–H and O–H groups in total. The predicted molar refractivity (Wildman–Crippen MR) is 109 cm³/mol. The van der Waals surface area contributed by atoms with Gasteiger partial charge >= 0.3 is 0 Å². The second-order valence-electron chi connectivity index (χ2n) is 6.35. The molecule has 1 aliphatic heterocycles. The summed E-state index contributed by atoms with van der Waals surface area (Å²) in [6, 6.07) is 8.77. The van der Waals surface area contributed by atoms with Crippen LogP contribution < -0.4 is 5.32 Å². The van der Waals surface area contributed by atoms with Crippen molar-refractivity contribution in [1.82, 2.24) is 15.3 Å². The summed E-state index contributed by atoms with van der Waals surface area (Å²) in [7, 11) is 0. The number of nitrogens with one attached hydrogen (secondary N) is 2. The van der Waals surface area contributed by atoms with E-state index >= 15 is 0 Å². The largest absolute Gasteiger partial charge is 0.346 e. The van der Waals surface area contributed by atoms with E-state index < -0.39 is 0 Å². The quantitative estimate of drug-likeness (QED) is 0.684. The Hall–Kier alpha value is -2.63. The summed E-state index contributed by atoms with van der Waals surface area (Å²) in [6.07, 6.45) is 8.55. The van der Waals surface area contributed by atoms with Crippen LogP contribution in [0.1, 0.15) is 15.9 Å². The molecule has 1 unspecified atom stereocenters. The van der Waals surface area contributed by atoms with Crippen molar-refractivity contribution >= 4 is 46.0 Å². The third-order valence-electron chi connectivity index (χ3n) is 4.46. The molecule has 0 spiro atoms. The lowest BCUT2D eigenvalue weighted by atomic mass is 9.97. The van der Waals surface area contributed by atoms with Crippen molar-refractivity contribution < 1.29 is 4.79 Å². The van der Waals surface area contributed by atoms with Crippen molar-refractivity contribution in [3.05, 3.63) is 76.0 Å². The van der Waals surface area contributed by atoms with Gasteiger partial charge < -0.3 is 10.3 Å². The number of amidine groups is 1. The number of aromatic nitrogens is 2. The Morgan fingerprint density at radius 3 is 2.93 bits per heavy atom. The van der Waals surface area contributed by atoms with Crippen molar-refractivity contribution in [2.45, 2.75) is 6.42 Å². The van der Waals surface area contributed by atoms with Crippen LogP contribution in [0.2, 0.25) is 10.0 Å². The summed E-state index contributed by atoms with van der Waals surface area (Å²) >= 11 is 11.8. The fourth-order valence-electron chi connectivity index (χ4n) is 3.06. The molecule has 2 aromatic heterocycles. The number of pyridine rings is 1. The number of amides is 1. The molecule has 7 heteroatoms. The number of H-pyrrole nitrogens is 1. The normalized spacial score (nSPS) is 16.4. The van der Waals surface area contributed by atoms with E-state index in [1.807, 2.05) is 18.3 Å². The number of aliphatic imine (C=N–C) groups is 1. The Labute approximate surface area is 166 Å². The number of fused-ring (bicyclic) bond motifs is 1. The highest BCUT2D eigenvalue weighted by Crippen LogP contribution is 2.23. The van der Waals surface area contributed by atoms with Crippen LogP contribution in [0.4, 0.5) is 0 Å². The number of hydrogen-bond acceptors (Lipinski definition) is 3. The Kier molecular flexibility index (Phi) is 4.97. The molecule has 0 bridgehead atoms. The first kappa shape index (κ1) is 17.8. The summed E-state index contributed by atoms with van der Waals surface area (Å²) in [6.45, 7) is 0.612. The maximum absolute atomic E-state index is 12.3. The van der Waals surface area contributed by atoms with Crippen molar-refractivity contribution in [1.29, 1.82) is 0 Å². The fourth-order valence-corrected chi connectivity index (χ4v) is 3.36. The first-order chi connectivity index (χ1) is 13.1. The van der Waals surface area contributed by atoms with E-state index in [2.05, 4.69) is 32.4 Å². The van der Waals surface area contributed by atoms with Crippen molar-refractivity contribution in [3.63, 3.8) is 0 Å². The van der Waals surface area contributed by atoms with Gasteiger partial charge in [0.2, 0.25) is 0 Å². The van der Waals surface area contributed by atoms with Gasteiger partial charge in [-0.1, -0.05) is 29.3 Å². The molecule has 0 fully saturated rings. The zero-order chi connectivity index (χ0) is 18.8. The third kappa shape index (κ3) is 3.89. The monoisotopic (exact) mass is 398 g/mol. The van der Waals surface area contributed by atoms with Crippen LogP contribution in [0.25, 0.3) is 11.0 Å². The zero-order valence-corrected chi connectivity index (χ0v) is 15.8. The molecule has 1 amide bonds. The van der Waals surface area contributed by atoms with Gasteiger partial charge in [-0.3, -0.25) is 9.79 Å². The smallest absolute Gasteiger partial charge is 0.256 e. The number of carbonyl (C=O) groups excluding carboxylic acids is 1. The molecule has 1 aliphatic rings. The minimum atomic E-state index is -0.266. The van der Waals surface area contributed by atoms with Crippen molar-refractivity contribution in [2.24, 2.45) is 10.9 Å². The summed E-state index contributed by atoms with van der Waals surface area (Å²) in [5.41, 5.74) is 2.55. The summed E-state index contributed by atoms with van der Waals surface area (Å²) in [5.74, 6) is 0.552. The molecule has 0 saturated heterocycles.